The van der Waals surface area contributed by atoms with E-state index in [-0.39, 0.29) is 40.7 Å². The number of carbonyl (C=O) groups excluding carboxylic acids is 2. The number of rotatable bonds is 13. The number of hydrogen-bond acceptors (Lipinski definition) is 12. The van der Waals surface area contributed by atoms with Gasteiger partial charge in [0.2, 0.25) is 0 Å². The van der Waals surface area contributed by atoms with Crippen LogP contribution < -0.4 is 26.8 Å². The summed E-state index contributed by atoms with van der Waals surface area (Å²) >= 11 is 1.02. The first-order valence-corrected chi connectivity index (χ1v) is 12.6. The predicted octanol–water partition coefficient (Wildman–Crippen LogP) is -1.02. The van der Waals surface area contributed by atoms with E-state index >= 15 is 0 Å². The molecule has 1 aromatic heterocycles. The molecule has 2 amide bonds. The fourth-order valence-corrected chi connectivity index (χ4v) is 4.24. The number of aromatic carboxylic acids is 1. The molecule has 2 heterocycles. The van der Waals surface area contributed by atoms with Crippen molar-refractivity contribution in [3.05, 3.63) is 40.4 Å². The van der Waals surface area contributed by atoms with E-state index in [0.29, 0.717) is 24.9 Å². The molecule has 3 rings (SSSR count). The summed E-state index contributed by atoms with van der Waals surface area (Å²) in [5.41, 5.74) is 11.1. The van der Waals surface area contributed by atoms with E-state index in [1.807, 2.05) is 0 Å². The minimum absolute atomic E-state index is 0.00111. The fourth-order valence-electron chi connectivity index (χ4n) is 3.70. The highest BCUT2D eigenvalue weighted by Gasteiger charge is 2.38. The molecule has 0 aliphatic carbocycles. The van der Waals surface area contributed by atoms with Gasteiger partial charge in [-0.05, 0) is 43.9 Å². The number of amides is 2. The van der Waals surface area contributed by atoms with Gasteiger partial charge >= 0.3 is 19.1 Å². The predicted molar refractivity (Wildman–Crippen MR) is 139 cm³/mol. The number of carbonyl (C=O) groups is 4. The van der Waals surface area contributed by atoms with Gasteiger partial charge in [-0.3, -0.25) is 9.59 Å². The van der Waals surface area contributed by atoms with E-state index in [1.54, 1.807) is 6.07 Å². The molecule has 15 nitrogen and oxygen atoms in total. The molecule has 2 aromatic rings. The van der Waals surface area contributed by atoms with Crippen LogP contribution in [-0.4, -0.2) is 81.9 Å². The molecule has 9 N–H and O–H groups in total. The largest absolute Gasteiger partial charge is 0.547 e. The van der Waals surface area contributed by atoms with Gasteiger partial charge in [-0.25, -0.2) is 14.6 Å². The molecule has 17 heteroatoms. The molecule has 39 heavy (non-hydrogen) atoms. The molecule has 0 spiro atoms. The van der Waals surface area contributed by atoms with Crippen LogP contribution in [0.2, 0.25) is 0 Å². The smallest absolute Gasteiger partial charge is 0.534 e. The van der Waals surface area contributed by atoms with Gasteiger partial charge < -0.3 is 46.8 Å². The van der Waals surface area contributed by atoms with Crippen LogP contribution in [0.25, 0.3) is 0 Å². The third-order valence-electron chi connectivity index (χ3n) is 5.58. The number of hydrogen-bond donors (Lipinski definition) is 7. The Balaban J connectivity index is 1.69. The summed E-state index contributed by atoms with van der Waals surface area (Å²) in [7, 11) is -1.58. The molecule has 1 aliphatic heterocycles. The van der Waals surface area contributed by atoms with Gasteiger partial charge in [0, 0.05) is 5.38 Å². The van der Waals surface area contributed by atoms with Crippen molar-refractivity contribution in [1.29, 1.82) is 0 Å². The lowest BCUT2D eigenvalue weighted by Crippen LogP contribution is -2.54. The maximum Gasteiger partial charge on any atom is 0.547 e. The lowest BCUT2D eigenvalue weighted by Gasteiger charge is -2.28. The number of thiazole rings is 1. The number of anilines is 1. The molecule has 0 unspecified atom stereocenters. The highest BCUT2D eigenvalue weighted by Crippen LogP contribution is 2.30. The van der Waals surface area contributed by atoms with Crippen LogP contribution in [0.15, 0.2) is 28.7 Å². The maximum absolute atomic E-state index is 13.1. The van der Waals surface area contributed by atoms with Gasteiger partial charge in [0.25, 0.3) is 11.8 Å². The number of nitrogen functional groups attached to an aromatic ring is 1. The van der Waals surface area contributed by atoms with Gasteiger partial charge in [-0.2, -0.15) is 0 Å². The van der Waals surface area contributed by atoms with E-state index in [1.165, 1.54) is 17.5 Å². The van der Waals surface area contributed by atoms with Crippen molar-refractivity contribution in [2.45, 2.75) is 37.7 Å². The molecule has 1 aromatic carbocycles. The van der Waals surface area contributed by atoms with E-state index < -0.39 is 49.5 Å². The van der Waals surface area contributed by atoms with Gasteiger partial charge in [0.1, 0.15) is 17.5 Å². The zero-order chi connectivity index (χ0) is 28.5. The summed E-state index contributed by atoms with van der Waals surface area (Å²) in [5, 5.41) is 39.2. The number of fused-ring (bicyclic) bond motifs is 1. The molecule has 208 valence electrons. The van der Waals surface area contributed by atoms with Crippen molar-refractivity contribution in [2.24, 2.45) is 10.9 Å². The van der Waals surface area contributed by atoms with E-state index in [4.69, 9.17) is 21.0 Å². The van der Waals surface area contributed by atoms with Gasteiger partial charge in [0.05, 0.1) is 11.5 Å². The first-order chi connectivity index (χ1) is 18.6. The number of para-hydroxylation sites is 1. The van der Waals surface area contributed by atoms with Crippen molar-refractivity contribution in [1.82, 2.24) is 15.6 Å². The minimum Gasteiger partial charge on any atom is -0.534 e. The highest BCUT2D eigenvalue weighted by atomic mass is 32.1. The van der Waals surface area contributed by atoms with Crippen LogP contribution in [0.3, 0.4) is 0 Å². The van der Waals surface area contributed by atoms with Crippen molar-refractivity contribution >= 4 is 53.1 Å². The van der Waals surface area contributed by atoms with E-state index in [0.717, 1.165) is 11.3 Å². The molecule has 1 aliphatic rings. The number of nitrogens with two attached hydrogens (primary N) is 2. The second kappa shape index (κ2) is 13.5. The fraction of sp³-hybridized carbons (Fsp3) is 0.364. The Morgan fingerprint density at radius 2 is 2.05 bits per heavy atom. The normalized spacial score (nSPS) is 15.5. The summed E-state index contributed by atoms with van der Waals surface area (Å²) in [6.07, 6.45) is 1.32. The van der Waals surface area contributed by atoms with Crippen LogP contribution >= 0.6 is 11.3 Å². The summed E-state index contributed by atoms with van der Waals surface area (Å²) in [6, 6.07) is 3.30. The van der Waals surface area contributed by atoms with Crippen molar-refractivity contribution < 1.29 is 43.9 Å². The number of unbranched alkanes of at least 4 members (excludes halogenated alkanes) is 1. The summed E-state index contributed by atoms with van der Waals surface area (Å²) < 4.78 is 5.38. The number of carboxylic acid groups (broad SMARTS) is 2. The zero-order valence-electron chi connectivity index (χ0n) is 20.5. The molecule has 2 atom stereocenters. The Morgan fingerprint density at radius 3 is 2.69 bits per heavy atom. The third-order valence-corrected chi connectivity index (χ3v) is 6.25. The molecule has 0 fully saturated rings. The number of aliphatic carboxylic acids is 1. The third kappa shape index (κ3) is 7.89. The second-order valence-electron chi connectivity index (χ2n) is 8.42. The Morgan fingerprint density at radius 1 is 1.28 bits per heavy atom. The Hall–Kier alpha value is -4.22. The van der Waals surface area contributed by atoms with Crippen molar-refractivity contribution in [3.63, 3.8) is 0 Å². The first-order valence-electron chi connectivity index (χ1n) is 11.7. The summed E-state index contributed by atoms with van der Waals surface area (Å²) in [4.78, 5) is 57.2. The van der Waals surface area contributed by atoms with Crippen LogP contribution in [0.1, 0.15) is 40.9 Å². The van der Waals surface area contributed by atoms with Crippen LogP contribution in [0, 0.1) is 0 Å². The average molecular weight is 562 g/mol. The van der Waals surface area contributed by atoms with Crippen LogP contribution in [-0.2, 0) is 25.6 Å². The van der Waals surface area contributed by atoms with Crippen LogP contribution in [0.4, 0.5) is 5.13 Å². The standard InChI is InChI=1S/C22H27BN6O9S/c24-7-2-1-6-13(21(34)35)26-16(30)9-37-29-17(14-10-39-22(25)27-14)19(31)28-15-8-11-4-3-5-12(20(32)33)18(11)38-23(15)36/h3-5,10,13,15,36H,1-2,6-9,24H2,(H2,25,27)(H,26,30)(H,28,31)(H,32,33)(H,34,35)/b29-17-/t13-,15+/m1/s1. The van der Waals surface area contributed by atoms with Crippen molar-refractivity contribution in [2.75, 3.05) is 18.9 Å². The summed E-state index contributed by atoms with van der Waals surface area (Å²) in [5.74, 6) is -5.07. The Bertz CT molecular complexity index is 1260. The molecule has 0 saturated carbocycles. The average Bonchev–Trinajstić information content (AvgIpc) is 3.31. The zero-order valence-corrected chi connectivity index (χ0v) is 21.3. The number of nitrogens with one attached hydrogen (secondary N) is 2. The quantitative estimate of drug-likeness (QED) is 0.0671. The molecular weight excluding hydrogens is 535 g/mol. The molecule has 0 radical (unpaired) electrons. The molecule has 0 saturated heterocycles. The minimum atomic E-state index is -1.58. The van der Waals surface area contributed by atoms with Gasteiger partial charge in [0.15, 0.2) is 17.5 Å². The van der Waals surface area contributed by atoms with Gasteiger partial charge in [-0.1, -0.05) is 17.3 Å². The lowest BCUT2D eigenvalue weighted by molar-refractivity contribution is -0.142. The number of aromatic nitrogens is 1. The SMILES string of the molecule is NCCCC[C@@H](NC(=O)CO/N=C(\C(=O)N[C@H]1Cc2cccc(C(=O)O)c2OB1O)c1csc(N)n1)C(=O)O. The van der Waals surface area contributed by atoms with Gasteiger partial charge in [-0.15, -0.1) is 11.3 Å². The molecular formula is C22H27BN6O9S. The van der Waals surface area contributed by atoms with Crippen LogP contribution in [0.5, 0.6) is 5.75 Å². The Labute approximate surface area is 226 Å². The second-order valence-corrected chi connectivity index (χ2v) is 9.31. The monoisotopic (exact) mass is 562 g/mol. The topological polar surface area (TPSA) is 249 Å². The number of carboxylic acids is 2. The Kier molecular flexibility index (Phi) is 10.2. The van der Waals surface area contributed by atoms with Crippen molar-refractivity contribution in [3.8, 4) is 5.75 Å². The molecule has 0 bridgehead atoms. The number of oxime groups is 1. The van der Waals surface area contributed by atoms with E-state index in [9.17, 15) is 34.4 Å². The first kappa shape index (κ1) is 29.3. The lowest BCUT2D eigenvalue weighted by atomic mass is 9.72. The maximum atomic E-state index is 13.1. The highest BCUT2D eigenvalue weighted by molar-refractivity contribution is 7.13. The number of benzene rings is 1. The van der Waals surface area contributed by atoms with E-state index in [2.05, 4.69) is 20.8 Å². The summed E-state index contributed by atoms with van der Waals surface area (Å²) in [6.45, 7) is -0.304. The number of nitrogens with zero attached hydrogens (tertiary/aromatic N) is 2.